The maximum Gasteiger partial charge on any atom is 0.129 e. The molecule has 0 atom stereocenters. The van der Waals surface area contributed by atoms with Crippen molar-refractivity contribution in [3.05, 3.63) is 48.0 Å². The quantitative estimate of drug-likeness (QED) is 0.787. The molecule has 16 heavy (non-hydrogen) atoms. The first kappa shape index (κ1) is 10.7. The molecular formula is C14H16N2. The van der Waals surface area contributed by atoms with Crippen molar-refractivity contribution in [2.24, 2.45) is 0 Å². The molecule has 1 heterocycles. The lowest BCUT2D eigenvalue weighted by Crippen LogP contribution is -2.05. The molecule has 0 amide bonds. The predicted octanol–water partition coefficient (Wildman–Crippen LogP) is 3.53. The predicted molar refractivity (Wildman–Crippen MR) is 69.8 cm³/mol. The van der Waals surface area contributed by atoms with Crippen LogP contribution in [0.25, 0.3) is 10.9 Å². The molecule has 1 N–H and O–H groups in total. The Morgan fingerprint density at radius 2 is 2.12 bits per heavy atom. The number of para-hydroxylation sites is 1. The number of benzene rings is 1. The van der Waals surface area contributed by atoms with E-state index in [0.29, 0.717) is 0 Å². The van der Waals surface area contributed by atoms with Crippen LogP contribution in [-0.2, 0) is 0 Å². The van der Waals surface area contributed by atoms with E-state index in [2.05, 4.69) is 35.9 Å². The smallest absolute Gasteiger partial charge is 0.129 e. The second-order valence-corrected chi connectivity index (χ2v) is 4.16. The number of aryl methyl sites for hydroxylation is 1. The van der Waals surface area contributed by atoms with Crippen LogP contribution in [-0.4, -0.2) is 11.5 Å². The number of hydrogen-bond acceptors (Lipinski definition) is 2. The summed E-state index contributed by atoms with van der Waals surface area (Å²) in [5, 5.41) is 4.48. The van der Waals surface area contributed by atoms with E-state index in [1.807, 2.05) is 25.1 Å². The van der Waals surface area contributed by atoms with Crippen LogP contribution in [0, 0.1) is 6.92 Å². The molecule has 82 valence electrons. The van der Waals surface area contributed by atoms with E-state index in [1.165, 1.54) is 10.9 Å². The van der Waals surface area contributed by atoms with Crippen LogP contribution in [0.1, 0.15) is 12.5 Å². The lowest BCUT2D eigenvalue weighted by molar-refractivity contribution is 1.16. The zero-order valence-electron chi connectivity index (χ0n) is 9.75. The third-order valence-electron chi connectivity index (χ3n) is 2.47. The van der Waals surface area contributed by atoms with E-state index in [4.69, 9.17) is 0 Å². The van der Waals surface area contributed by atoms with Gasteiger partial charge in [0, 0.05) is 11.9 Å². The van der Waals surface area contributed by atoms with Gasteiger partial charge in [0.1, 0.15) is 5.82 Å². The number of nitrogens with one attached hydrogen (secondary N) is 1. The van der Waals surface area contributed by atoms with E-state index < -0.39 is 0 Å². The summed E-state index contributed by atoms with van der Waals surface area (Å²) in [6, 6.07) is 10.3. The minimum atomic E-state index is 0.770. The first-order valence-electron chi connectivity index (χ1n) is 5.41. The first-order chi connectivity index (χ1) is 7.66. The minimum Gasteiger partial charge on any atom is -0.366 e. The molecule has 0 aliphatic carbocycles. The van der Waals surface area contributed by atoms with Gasteiger partial charge in [0.2, 0.25) is 0 Å². The summed E-state index contributed by atoms with van der Waals surface area (Å²) in [5.41, 5.74) is 3.30. The van der Waals surface area contributed by atoms with Gasteiger partial charge >= 0.3 is 0 Å². The Labute approximate surface area is 96.0 Å². The molecule has 2 aromatic rings. The Balaban J connectivity index is 2.38. The molecule has 2 rings (SSSR count). The third kappa shape index (κ3) is 2.22. The highest BCUT2D eigenvalue weighted by atomic mass is 15.0. The van der Waals surface area contributed by atoms with Gasteiger partial charge in [-0.25, -0.2) is 4.98 Å². The van der Waals surface area contributed by atoms with Crippen molar-refractivity contribution in [3.63, 3.8) is 0 Å². The van der Waals surface area contributed by atoms with Gasteiger partial charge in [-0.15, -0.1) is 0 Å². The molecule has 0 fully saturated rings. The van der Waals surface area contributed by atoms with Crippen molar-refractivity contribution in [1.29, 1.82) is 0 Å². The van der Waals surface area contributed by atoms with Gasteiger partial charge in [0.05, 0.1) is 5.52 Å². The summed E-state index contributed by atoms with van der Waals surface area (Å²) >= 11 is 0. The molecule has 0 radical (unpaired) electrons. The lowest BCUT2D eigenvalue weighted by Gasteiger charge is -2.09. The highest BCUT2D eigenvalue weighted by Gasteiger charge is 2.02. The number of aromatic nitrogens is 1. The largest absolute Gasteiger partial charge is 0.366 e. The average Bonchev–Trinajstić information content (AvgIpc) is 2.26. The minimum absolute atomic E-state index is 0.770. The van der Waals surface area contributed by atoms with E-state index in [0.717, 1.165) is 23.5 Å². The van der Waals surface area contributed by atoms with Crippen molar-refractivity contribution < 1.29 is 0 Å². The van der Waals surface area contributed by atoms with Gasteiger partial charge in [-0.05, 0) is 31.5 Å². The monoisotopic (exact) mass is 212 g/mol. The molecule has 0 spiro atoms. The van der Waals surface area contributed by atoms with Crippen molar-refractivity contribution in [3.8, 4) is 0 Å². The van der Waals surface area contributed by atoms with Crippen LogP contribution in [0.4, 0.5) is 5.82 Å². The van der Waals surface area contributed by atoms with E-state index in [1.54, 1.807) is 0 Å². The zero-order valence-corrected chi connectivity index (χ0v) is 9.75. The fourth-order valence-corrected chi connectivity index (χ4v) is 1.64. The summed E-state index contributed by atoms with van der Waals surface area (Å²) in [4.78, 5) is 4.59. The second-order valence-electron chi connectivity index (χ2n) is 4.16. The molecule has 0 aliphatic heterocycles. The van der Waals surface area contributed by atoms with Crippen molar-refractivity contribution in [2.45, 2.75) is 13.8 Å². The van der Waals surface area contributed by atoms with Gasteiger partial charge < -0.3 is 5.32 Å². The van der Waals surface area contributed by atoms with Gasteiger partial charge in [0.15, 0.2) is 0 Å². The van der Waals surface area contributed by atoms with Gasteiger partial charge in [-0.2, -0.15) is 0 Å². The SMILES string of the molecule is C=C(C)CNc1nc2ccccc2cc1C. The third-order valence-corrected chi connectivity index (χ3v) is 2.47. The zero-order chi connectivity index (χ0) is 11.5. The summed E-state index contributed by atoms with van der Waals surface area (Å²) in [7, 11) is 0. The standard InChI is InChI=1S/C14H16N2/c1-10(2)9-15-14-11(3)8-12-6-4-5-7-13(12)16-14/h4-8H,1,9H2,2-3H3,(H,15,16). The number of pyridine rings is 1. The molecule has 0 aliphatic rings. The Morgan fingerprint density at radius 1 is 1.38 bits per heavy atom. The first-order valence-corrected chi connectivity index (χ1v) is 5.41. The number of hydrogen-bond donors (Lipinski definition) is 1. The fourth-order valence-electron chi connectivity index (χ4n) is 1.64. The summed E-state index contributed by atoms with van der Waals surface area (Å²) in [5.74, 6) is 0.946. The van der Waals surface area contributed by atoms with Crippen LogP contribution in [0.3, 0.4) is 0 Å². The molecular weight excluding hydrogens is 196 g/mol. The maximum atomic E-state index is 4.59. The van der Waals surface area contributed by atoms with Crippen LogP contribution < -0.4 is 5.32 Å². The molecule has 1 aromatic carbocycles. The van der Waals surface area contributed by atoms with Gasteiger partial charge in [-0.1, -0.05) is 30.4 Å². The van der Waals surface area contributed by atoms with Crippen LogP contribution in [0.15, 0.2) is 42.5 Å². The van der Waals surface area contributed by atoms with E-state index >= 15 is 0 Å². The Kier molecular flexibility index (Phi) is 2.91. The molecule has 0 saturated heterocycles. The normalized spacial score (nSPS) is 10.4. The fraction of sp³-hybridized carbons (Fsp3) is 0.214. The lowest BCUT2D eigenvalue weighted by atomic mass is 10.1. The molecule has 0 unspecified atom stereocenters. The Bertz CT molecular complexity index is 529. The number of anilines is 1. The molecule has 0 bridgehead atoms. The summed E-state index contributed by atoms with van der Waals surface area (Å²) in [6.07, 6.45) is 0. The topological polar surface area (TPSA) is 24.9 Å². The number of fused-ring (bicyclic) bond motifs is 1. The Hall–Kier alpha value is -1.83. The molecule has 2 heteroatoms. The summed E-state index contributed by atoms with van der Waals surface area (Å²) < 4.78 is 0. The van der Waals surface area contributed by atoms with Crippen LogP contribution in [0.2, 0.25) is 0 Å². The van der Waals surface area contributed by atoms with Crippen molar-refractivity contribution >= 4 is 16.7 Å². The average molecular weight is 212 g/mol. The molecule has 1 aromatic heterocycles. The summed E-state index contributed by atoms with van der Waals surface area (Å²) in [6.45, 7) is 8.71. The highest BCUT2D eigenvalue weighted by molar-refractivity contribution is 5.81. The van der Waals surface area contributed by atoms with Crippen LogP contribution in [0.5, 0.6) is 0 Å². The molecule has 2 nitrogen and oxygen atoms in total. The van der Waals surface area contributed by atoms with Crippen molar-refractivity contribution in [1.82, 2.24) is 4.98 Å². The maximum absolute atomic E-state index is 4.59. The van der Waals surface area contributed by atoms with E-state index in [9.17, 15) is 0 Å². The van der Waals surface area contributed by atoms with Gasteiger partial charge in [-0.3, -0.25) is 0 Å². The van der Waals surface area contributed by atoms with Crippen molar-refractivity contribution in [2.75, 3.05) is 11.9 Å². The van der Waals surface area contributed by atoms with Crippen LogP contribution >= 0.6 is 0 Å². The van der Waals surface area contributed by atoms with Gasteiger partial charge in [0.25, 0.3) is 0 Å². The number of nitrogens with zero attached hydrogens (tertiary/aromatic N) is 1. The highest BCUT2D eigenvalue weighted by Crippen LogP contribution is 2.19. The Morgan fingerprint density at radius 3 is 2.88 bits per heavy atom. The number of rotatable bonds is 3. The second kappa shape index (κ2) is 4.35. The van der Waals surface area contributed by atoms with E-state index in [-0.39, 0.29) is 0 Å². The molecule has 0 saturated carbocycles.